The number of hydrogen-bond acceptors (Lipinski definition) is 4. The van der Waals surface area contributed by atoms with Crippen molar-refractivity contribution in [1.82, 2.24) is 10.3 Å². The Morgan fingerprint density at radius 3 is 2.70 bits per heavy atom. The van der Waals surface area contributed by atoms with Gasteiger partial charge in [-0.1, -0.05) is 39.0 Å². The Balaban J connectivity index is 2.36. The van der Waals surface area contributed by atoms with Gasteiger partial charge in [0.2, 0.25) is 0 Å². The molecule has 108 valence electrons. The van der Waals surface area contributed by atoms with Crippen LogP contribution in [-0.4, -0.2) is 28.0 Å². The Morgan fingerprint density at radius 1 is 1.25 bits per heavy atom. The van der Waals surface area contributed by atoms with E-state index in [1.807, 2.05) is 25.1 Å². The molecular weight excluding hydrogens is 268 g/mol. The molecule has 0 aliphatic carbocycles. The molecular formula is C16H22N2OS. The molecule has 0 spiro atoms. The van der Waals surface area contributed by atoms with Crippen LogP contribution in [0.1, 0.15) is 26.3 Å². The zero-order valence-corrected chi connectivity index (χ0v) is 13.1. The van der Waals surface area contributed by atoms with Crippen LogP contribution in [0.3, 0.4) is 0 Å². The number of nitrogens with zero attached hydrogens (tertiary/aromatic N) is 1. The second kappa shape index (κ2) is 7.07. The fraction of sp³-hybridized carbons (Fsp3) is 0.438. The smallest absolute Gasteiger partial charge is 0.102 e. The Hall–Kier alpha value is -1.10. The van der Waals surface area contributed by atoms with Crippen LogP contribution in [0.15, 0.2) is 35.4 Å². The van der Waals surface area contributed by atoms with Crippen molar-refractivity contribution < 1.29 is 5.11 Å². The van der Waals surface area contributed by atoms with E-state index in [-0.39, 0.29) is 11.9 Å². The molecule has 2 N–H and O–H groups in total. The number of rotatable bonds is 6. The molecule has 1 aromatic carbocycles. The molecule has 0 saturated heterocycles. The number of aliphatic hydroxyl groups is 1. The number of hydrogen-bond donors (Lipinski definition) is 2. The highest BCUT2D eigenvalue weighted by molar-refractivity contribution is 7.99. The Morgan fingerprint density at radius 2 is 2.00 bits per heavy atom. The summed E-state index contributed by atoms with van der Waals surface area (Å²) >= 11 is 1.64. The molecule has 1 heterocycles. The molecule has 20 heavy (non-hydrogen) atoms. The summed E-state index contributed by atoms with van der Waals surface area (Å²) in [5, 5.41) is 15.0. The minimum Gasteiger partial charge on any atom is -0.395 e. The average Bonchev–Trinajstić information content (AvgIpc) is 2.44. The van der Waals surface area contributed by atoms with Gasteiger partial charge in [0.25, 0.3) is 0 Å². The normalized spacial score (nSPS) is 13.1. The van der Waals surface area contributed by atoms with Crippen LogP contribution in [0.2, 0.25) is 0 Å². The molecule has 1 atom stereocenters. The summed E-state index contributed by atoms with van der Waals surface area (Å²) in [5.74, 6) is 0. The highest BCUT2D eigenvalue weighted by atomic mass is 32.2. The van der Waals surface area contributed by atoms with E-state index < -0.39 is 0 Å². The highest BCUT2D eigenvalue weighted by Gasteiger charge is 2.11. The minimum absolute atomic E-state index is 0.154. The number of aliphatic hydroxyl groups excluding tert-OH is 1. The number of benzene rings is 1. The minimum atomic E-state index is 0.154. The van der Waals surface area contributed by atoms with Gasteiger partial charge in [-0.3, -0.25) is 0 Å². The number of para-hydroxylation sites is 1. The predicted molar refractivity (Wildman–Crippen MR) is 86.1 cm³/mol. The zero-order chi connectivity index (χ0) is 14.5. The van der Waals surface area contributed by atoms with Gasteiger partial charge in [0.1, 0.15) is 5.03 Å². The van der Waals surface area contributed by atoms with E-state index in [4.69, 9.17) is 4.98 Å². The average molecular weight is 290 g/mol. The van der Waals surface area contributed by atoms with Gasteiger partial charge in [0.05, 0.1) is 12.1 Å². The van der Waals surface area contributed by atoms with Crippen LogP contribution in [-0.2, 0) is 6.54 Å². The van der Waals surface area contributed by atoms with Crippen LogP contribution < -0.4 is 5.32 Å². The van der Waals surface area contributed by atoms with Crippen LogP contribution in [0, 0.1) is 0 Å². The lowest BCUT2D eigenvalue weighted by Crippen LogP contribution is -2.22. The van der Waals surface area contributed by atoms with Crippen molar-refractivity contribution in [3.63, 3.8) is 0 Å². The summed E-state index contributed by atoms with van der Waals surface area (Å²) in [6.07, 6.45) is 0. The second-order valence-corrected chi connectivity index (χ2v) is 6.72. The van der Waals surface area contributed by atoms with Crippen LogP contribution >= 0.6 is 11.8 Å². The molecule has 2 rings (SSSR count). The summed E-state index contributed by atoms with van der Waals surface area (Å²) in [5.41, 5.74) is 2.20. The standard InChI is InChI=1S/C16H22N2OS/c1-11(2)17-9-14-8-13-6-4-5-7-15(13)18-16(14)20-12(3)10-19/h4-8,11-12,17,19H,9-10H2,1-3H3. The molecule has 2 aromatic rings. The molecule has 1 aromatic heterocycles. The Bertz CT molecular complexity index is 571. The molecule has 0 radical (unpaired) electrons. The Kier molecular flexibility index (Phi) is 5.40. The van der Waals surface area contributed by atoms with Gasteiger partial charge in [-0.2, -0.15) is 0 Å². The zero-order valence-electron chi connectivity index (χ0n) is 12.3. The monoisotopic (exact) mass is 290 g/mol. The predicted octanol–water partition coefficient (Wildman–Crippen LogP) is 3.21. The van der Waals surface area contributed by atoms with E-state index in [2.05, 4.69) is 31.3 Å². The van der Waals surface area contributed by atoms with E-state index in [9.17, 15) is 5.11 Å². The van der Waals surface area contributed by atoms with Crippen LogP contribution in [0.4, 0.5) is 0 Å². The summed E-state index contributed by atoms with van der Waals surface area (Å²) < 4.78 is 0. The Labute approximate surface area is 124 Å². The van der Waals surface area contributed by atoms with E-state index in [1.165, 1.54) is 5.56 Å². The number of nitrogens with one attached hydrogen (secondary N) is 1. The molecule has 0 saturated carbocycles. The molecule has 0 amide bonds. The lowest BCUT2D eigenvalue weighted by Gasteiger charge is -2.15. The summed E-state index contributed by atoms with van der Waals surface area (Å²) in [4.78, 5) is 4.75. The van der Waals surface area contributed by atoms with Crippen molar-refractivity contribution in [3.8, 4) is 0 Å². The van der Waals surface area contributed by atoms with Crippen LogP contribution in [0.5, 0.6) is 0 Å². The van der Waals surface area contributed by atoms with Gasteiger partial charge in [-0.25, -0.2) is 4.98 Å². The maximum Gasteiger partial charge on any atom is 0.102 e. The van der Waals surface area contributed by atoms with Crippen LogP contribution in [0.25, 0.3) is 10.9 Å². The molecule has 0 bridgehead atoms. The van der Waals surface area contributed by atoms with Crippen molar-refractivity contribution in [2.24, 2.45) is 0 Å². The lowest BCUT2D eigenvalue weighted by atomic mass is 10.1. The van der Waals surface area contributed by atoms with Crippen molar-refractivity contribution in [3.05, 3.63) is 35.9 Å². The van der Waals surface area contributed by atoms with Gasteiger partial charge in [0.15, 0.2) is 0 Å². The van der Waals surface area contributed by atoms with E-state index in [0.29, 0.717) is 6.04 Å². The summed E-state index contributed by atoms with van der Waals surface area (Å²) in [7, 11) is 0. The number of aromatic nitrogens is 1. The van der Waals surface area contributed by atoms with Crippen molar-refractivity contribution >= 4 is 22.7 Å². The molecule has 3 nitrogen and oxygen atoms in total. The highest BCUT2D eigenvalue weighted by Crippen LogP contribution is 2.28. The molecule has 1 unspecified atom stereocenters. The fourth-order valence-corrected chi connectivity index (χ4v) is 2.80. The van der Waals surface area contributed by atoms with Crippen molar-refractivity contribution in [2.75, 3.05) is 6.61 Å². The van der Waals surface area contributed by atoms with E-state index >= 15 is 0 Å². The maximum absolute atomic E-state index is 9.25. The largest absolute Gasteiger partial charge is 0.395 e. The van der Waals surface area contributed by atoms with Gasteiger partial charge < -0.3 is 10.4 Å². The lowest BCUT2D eigenvalue weighted by molar-refractivity contribution is 0.300. The molecule has 0 aliphatic rings. The van der Waals surface area contributed by atoms with E-state index in [0.717, 1.165) is 22.5 Å². The van der Waals surface area contributed by atoms with Gasteiger partial charge in [0, 0.05) is 23.2 Å². The first-order chi connectivity index (χ1) is 9.60. The topological polar surface area (TPSA) is 45.2 Å². The first kappa shape index (κ1) is 15.3. The fourth-order valence-electron chi connectivity index (χ4n) is 1.91. The van der Waals surface area contributed by atoms with Crippen molar-refractivity contribution in [1.29, 1.82) is 0 Å². The number of thioether (sulfide) groups is 1. The SMILES string of the molecule is CC(C)NCc1cc2ccccc2nc1SC(C)CO. The third kappa shape index (κ3) is 3.95. The quantitative estimate of drug-likeness (QED) is 0.802. The third-order valence-corrected chi connectivity index (χ3v) is 4.16. The van der Waals surface area contributed by atoms with Crippen molar-refractivity contribution in [2.45, 2.75) is 43.6 Å². The van der Waals surface area contributed by atoms with Gasteiger partial charge >= 0.3 is 0 Å². The first-order valence-corrected chi connectivity index (χ1v) is 7.87. The molecule has 0 fully saturated rings. The van der Waals surface area contributed by atoms with Gasteiger partial charge in [-0.15, -0.1) is 11.8 Å². The molecule has 4 heteroatoms. The molecule has 0 aliphatic heterocycles. The third-order valence-electron chi connectivity index (χ3n) is 3.03. The van der Waals surface area contributed by atoms with E-state index in [1.54, 1.807) is 11.8 Å². The second-order valence-electron chi connectivity index (χ2n) is 5.29. The maximum atomic E-state index is 9.25. The number of fused-ring (bicyclic) bond motifs is 1. The number of pyridine rings is 1. The summed E-state index contributed by atoms with van der Waals surface area (Å²) in [6, 6.07) is 10.8. The van der Waals surface area contributed by atoms with Gasteiger partial charge in [-0.05, 0) is 17.7 Å². The first-order valence-electron chi connectivity index (χ1n) is 6.99. The summed E-state index contributed by atoms with van der Waals surface area (Å²) in [6.45, 7) is 7.25.